The van der Waals surface area contributed by atoms with E-state index in [0.717, 1.165) is 31.9 Å². The zero-order valence-electron chi connectivity index (χ0n) is 14.3. The molecule has 2 N–H and O–H groups in total. The molecule has 0 saturated carbocycles. The lowest BCUT2D eigenvalue weighted by Crippen LogP contribution is -2.44. The van der Waals surface area contributed by atoms with E-state index >= 15 is 0 Å². The minimum Gasteiger partial charge on any atom is -0.376 e. The van der Waals surface area contributed by atoms with E-state index in [1.54, 1.807) is 12.1 Å². The smallest absolute Gasteiger partial charge is 0.243 e. The van der Waals surface area contributed by atoms with Crippen LogP contribution < -0.4 is 15.5 Å². The van der Waals surface area contributed by atoms with Crippen molar-refractivity contribution in [1.82, 2.24) is 4.90 Å². The molecule has 0 radical (unpaired) electrons. The van der Waals surface area contributed by atoms with Crippen LogP contribution in [-0.2, 0) is 4.79 Å². The molecule has 2 aromatic rings. The van der Waals surface area contributed by atoms with Gasteiger partial charge in [0.25, 0.3) is 0 Å². The topological polar surface area (TPSA) is 47.6 Å². The van der Waals surface area contributed by atoms with Gasteiger partial charge >= 0.3 is 0 Å². The highest BCUT2D eigenvalue weighted by Crippen LogP contribution is 2.19. The fraction of sp³-hybridized carbons (Fsp3) is 0.316. The molecule has 1 amide bonds. The summed E-state index contributed by atoms with van der Waals surface area (Å²) in [7, 11) is 2.13. The van der Waals surface area contributed by atoms with Gasteiger partial charge in [0.2, 0.25) is 5.91 Å². The molecule has 1 heterocycles. The van der Waals surface area contributed by atoms with E-state index in [0.29, 0.717) is 5.69 Å². The van der Waals surface area contributed by atoms with Gasteiger partial charge in [-0.15, -0.1) is 0 Å². The first kappa shape index (κ1) is 17.2. The number of piperazine rings is 1. The van der Waals surface area contributed by atoms with Crippen molar-refractivity contribution in [3.8, 4) is 0 Å². The SMILES string of the molecule is CN1CCN(c2ccc(NC(=O)CNc3cccc(F)c3)cc2)CC1. The Kier molecular flexibility index (Phi) is 5.50. The first-order valence-electron chi connectivity index (χ1n) is 8.43. The third kappa shape index (κ3) is 4.93. The third-order valence-corrected chi connectivity index (χ3v) is 4.30. The summed E-state index contributed by atoms with van der Waals surface area (Å²) in [5.74, 6) is -0.499. The Balaban J connectivity index is 1.50. The molecule has 0 aromatic heterocycles. The fourth-order valence-electron chi connectivity index (χ4n) is 2.81. The van der Waals surface area contributed by atoms with Gasteiger partial charge in [0.15, 0.2) is 0 Å². The molecule has 0 bridgehead atoms. The van der Waals surface area contributed by atoms with Gasteiger partial charge in [-0.25, -0.2) is 4.39 Å². The van der Waals surface area contributed by atoms with Crippen LogP contribution in [0.15, 0.2) is 48.5 Å². The molecular formula is C19H23FN4O. The molecule has 0 spiro atoms. The van der Waals surface area contributed by atoms with Crippen molar-refractivity contribution < 1.29 is 9.18 Å². The van der Waals surface area contributed by atoms with Crippen molar-refractivity contribution in [2.45, 2.75) is 0 Å². The van der Waals surface area contributed by atoms with Crippen LogP contribution in [0.3, 0.4) is 0 Å². The molecule has 5 nitrogen and oxygen atoms in total. The van der Waals surface area contributed by atoms with Crippen LogP contribution in [0.25, 0.3) is 0 Å². The second kappa shape index (κ2) is 7.98. The predicted molar refractivity (Wildman–Crippen MR) is 99.7 cm³/mol. The fourth-order valence-corrected chi connectivity index (χ4v) is 2.81. The summed E-state index contributed by atoms with van der Waals surface area (Å²) in [5.41, 5.74) is 2.51. The number of amides is 1. The average molecular weight is 342 g/mol. The van der Waals surface area contributed by atoms with Crippen LogP contribution in [0.5, 0.6) is 0 Å². The Labute approximate surface area is 147 Å². The highest BCUT2D eigenvalue weighted by Gasteiger charge is 2.14. The molecule has 0 atom stereocenters. The Hall–Kier alpha value is -2.60. The van der Waals surface area contributed by atoms with Crippen molar-refractivity contribution >= 4 is 23.0 Å². The van der Waals surface area contributed by atoms with Gasteiger partial charge in [-0.2, -0.15) is 0 Å². The molecule has 0 aliphatic carbocycles. The van der Waals surface area contributed by atoms with Gasteiger partial charge in [0.05, 0.1) is 6.54 Å². The molecule has 1 fully saturated rings. The number of nitrogens with zero attached hydrogens (tertiary/aromatic N) is 2. The number of rotatable bonds is 5. The van der Waals surface area contributed by atoms with E-state index in [-0.39, 0.29) is 18.3 Å². The number of benzene rings is 2. The van der Waals surface area contributed by atoms with Gasteiger partial charge in [-0.1, -0.05) is 6.07 Å². The summed E-state index contributed by atoms with van der Waals surface area (Å²) in [5, 5.41) is 5.75. The number of halogens is 1. The monoisotopic (exact) mass is 342 g/mol. The molecular weight excluding hydrogens is 319 g/mol. The van der Waals surface area contributed by atoms with Crippen molar-refractivity contribution in [3.63, 3.8) is 0 Å². The van der Waals surface area contributed by atoms with Crippen LogP contribution in [0.1, 0.15) is 0 Å². The van der Waals surface area contributed by atoms with Gasteiger partial charge in [-0.05, 0) is 49.5 Å². The third-order valence-electron chi connectivity index (χ3n) is 4.30. The number of carbonyl (C=O) groups is 1. The first-order chi connectivity index (χ1) is 12.1. The van der Waals surface area contributed by atoms with Crippen LogP contribution >= 0.6 is 0 Å². The maximum absolute atomic E-state index is 13.1. The second-order valence-corrected chi connectivity index (χ2v) is 6.25. The molecule has 1 saturated heterocycles. The number of carbonyl (C=O) groups excluding carboxylic acids is 1. The number of likely N-dealkylation sites (N-methyl/N-ethyl adjacent to an activating group) is 1. The lowest BCUT2D eigenvalue weighted by molar-refractivity contribution is -0.114. The van der Waals surface area contributed by atoms with Crippen molar-refractivity contribution in [3.05, 3.63) is 54.3 Å². The molecule has 3 rings (SSSR count). The van der Waals surface area contributed by atoms with E-state index in [4.69, 9.17) is 0 Å². The number of hydrogen-bond donors (Lipinski definition) is 2. The van der Waals surface area contributed by atoms with Crippen LogP contribution in [-0.4, -0.2) is 50.6 Å². The molecule has 1 aliphatic heterocycles. The molecule has 2 aromatic carbocycles. The van der Waals surface area contributed by atoms with Crippen molar-refractivity contribution in [2.75, 3.05) is 55.3 Å². The Bertz CT molecular complexity index is 712. The Morgan fingerprint density at radius 1 is 1.04 bits per heavy atom. The highest BCUT2D eigenvalue weighted by molar-refractivity contribution is 5.93. The van der Waals surface area contributed by atoms with E-state index in [1.807, 2.05) is 24.3 Å². The summed E-state index contributed by atoms with van der Waals surface area (Å²) < 4.78 is 13.1. The number of hydrogen-bond acceptors (Lipinski definition) is 4. The summed E-state index contributed by atoms with van der Waals surface area (Å²) in [4.78, 5) is 16.7. The molecule has 1 aliphatic rings. The number of nitrogens with one attached hydrogen (secondary N) is 2. The first-order valence-corrected chi connectivity index (χ1v) is 8.43. The summed E-state index contributed by atoms with van der Waals surface area (Å²) in [6.07, 6.45) is 0. The molecule has 132 valence electrons. The quantitative estimate of drug-likeness (QED) is 0.877. The second-order valence-electron chi connectivity index (χ2n) is 6.25. The maximum Gasteiger partial charge on any atom is 0.243 e. The van der Waals surface area contributed by atoms with Gasteiger partial charge < -0.3 is 20.4 Å². The zero-order valence-corrected chi connectivity index (χ0v) is 14.3. The van der Waals surface area contributed by atoms with Crippen LogP contribution in [0, 0.1) is 5.82 Å². The number of anilines is 3. The van der Waals surface area contributed by atoms with Gasteiger partial charge in [0.1, 0.15) is 5.82 Å². The minimum absolute atomic E-state index is 0.0870. The van der Waals surface area contributed by atoms with E-state index in [1.165, 1.54) is 17.8 Å². The van der Waals surface area contributed by atoms with Gasteiger partial charge in [0, 0.05) is 43.2 Å². The summed E-state index contributed by atoms with van der Waals surface area (Å²) in [6.45, 7) is 4.23. The molecule has 25 heavy (non-hydrogen) atoms. The van der Waals surface area contributed by atoms with Gasteiger partial charge in [-0.3, -0.25) is 4.79 Å². The van der Waals surface area contributed by atoms with Crippen molar-refractivity contribution in [1.29, 1.82) is 0 Å². The van der Waals surface area contributed by atoms with E-state index in [9.17, 15) is 9.18 Å². The minimum atomic E-state index is -0.329. The summed E-state index contributed by atoms with van der Waals surface area (Å²) >= 11 is 0. The highest BCUT2D eigenvalue weighted by atomic mass is 19.1. The zero-order chi connectivity index (χ0) is 17.6. The van der Waals surface area contributed by atoms with Crippen LogP contribution in [0.4, 0.5) is 21.5 Å². The standard InChI is InChI=1S/C19H23FN4O/c1-23-9-11-24(12-10-23)18-7-5-16(6-8-18)22-19(25)14-21-17-4-2-3-15(20)13-17/h2-8,13,21H,9-12,14H2,1H3,(H,22,25). The molecule has 6 heteroatoms. The van der Waals surface area contributed by atoms with E-state index < -0.39 is 0 Å². The Morgan fingerprint density at radius 3 is 2.44 bits per heavy atom. The summed E-state index contributed by atoms with van der Waals surface area (Å²) in [6, 6.07) is 13.9. The maximum atomic E-state index is 13.1. The molecule has 0 unspecified atom stereocenters. The lowest BCUT2D eigenvalue weighted by atomic mass is 10.2. The predicted octanol–water partition coefficient (Wildman–Crippen LogP) is 2.63. The van der Waals surface area contributed by atoms with E-state index in [2.05, 4.69) is 27.5 Å². The van der Waals surface area contributed by atoms with Crippen molar-refractivity contribution in [2.24, 2.45) is 0 Å². The largest absolute Gasteiger partial charge is 0.376 e. The Morgan fingerprint density at radius 2 is 1.76 bits per heavy atom. The lowest BCUT2D eigenvalue weighted by Gasteiger charge is -2.34. The average Bonchev–Trinajstić information content (AvgIpc) is 2.62. The normalized spacial score (nSPS) is 15.0. The van der Waals surface area contributed by atoms with Crippen LogP contribution in [0.2, 0.25) is 0 Å².